The number of aliphatic carboxylic acids is 3. The first-order valence-electron chi connectivity index (χ1n) is 26.7. The van der Waals surface area contributed by atoms with Gasteiger partial charge in [0, 0.05) is 34.2 Å². The van der Waals surface area contributed by atoms with E-state index in [4.69, 9.17) is 0 Å². The molecule has 0 aliphatic heterocycles. The number of carboxylic acid groups (broad SMARTS) is 3. The monoisotopic (exact) mass is 1010 g/mol. The van der Waals surface area contributed by atoms with Crippen molar-refractivity contribution in [2.24, 2.45) is 85.8 Å². The van der Waals surface area contributed by atoms with Crippen LogP contribution in [0.25, 0.3) is 0 Å². The van der Waals surface area contributed by atoms with E-state index in [1.165, 1.54) is 55.2 Å². The van der Waals surface area contributed by atoms with Crippen molar-refractivity contribution in [2.75, 3.05) is 0 Å². The standard InChI is InChI=1S/3C20H30O2.Rh/c3*1-13(2)14-6-8-16-15(12-14)7-9-17-19(16,3)10-5-11-20(17,4)18(21)22;/h3*7,12-13,16-17H,5-6,8-11H2,1-4H3,(H,21,22);/q;;;+3/p-3/t3*16-,17+,19+,20+;/m000./s1. The number of hydrogen-bond acceptors (Lipinski definition) is 6. The maximum atomic E-state index is 11.8. The maximum absolute atomic E-state index is 11.8. The van der Waals surface area contributed by atoms with E-state index in [1.54, 1.807) is 16.7 Å². The molecule has 3 saturated carbocycles. The van der Waals surface area contributed by atoms with Gasteiger partial charge in [0.15, 0.2) is 0 Å². The molecule has 67 heavy (non-hydrogen) atoms. The van der Waals surface area contributed by atoms with Gasteiger partial charge in [0.25, 0.3) is 0 Å². The summed E-state index contributed by atoms with van der Waals surface area (Å²) in [7, 11) is 0. The van der Waals surface area contributed by atoms with E-state index < -0.39 is 34.2 Å². The average molecular weight is 1010 g/mol. The van der Waals surface area contributed by atoms with Gasteiger partial charge < -0.3 is 29.7 Å². The van der Waals surface area contributed by atoms with Crippen LogP contribution in [0, 0.1) is 85.8 Å². The van der Waals surface area contributed by atoms with Gasteiger partial charge in [-0.1, -0.05) is 156 Å². The Hall–Kier alpha value is -2.53. The van der Waals surface area contributed by atoms with Crippen molar-refractivity contribution in [1.29, 1.82) is 0 Å². The topological polar surface area (TPSA) is 120 Å². The zero-order valence-corrected chi connectivity index (χ0v) is 45.3. The second-order valence-electron chi connectivity index (χ2n) is 25.6. The fourth-order valence-electron chi connectivity index (χ4n) is 16.8. The number of carbonyl (C=O) groups is 3. The van der Waals surface area contributed by atoms with Crippen LogP contribution in [-0.4, -0.2) is 17.9 Å². The number of carbonyl (C=O) groups excluding carboxylic acids is 3. The summed E-state index contributed by atoms with van der Waals surface area (Å²) in [5, 5.41) is 35.5. The molecule has 12 atom stereocenters. The van der Waals surface area contributed by atoms with Gasteiger partial charge in [-0.3, -0.25) is 0 Å². The van der Waals surface area contributed by atoms with Crippen molar-refractivity contribution in [3.05, 3.63) is 69.9 Å². The number of allylic oxidation sites excluding steroid dienone is 12. The van der Waals surface area contributed by atoms with Gasteiger partial charge in [-0.15, -0.1) is 0 Å². The molecule has 0 bridgehead atoms. The third kappa shape index (κ3) is 9.43. The van der Waals surface area contributed by atoms with Crippen LogP contribution in [-0.2, 0) is 33.9 Å². The maximum Gasteiger partial charge on any atom is 3.00 e. The Labute approximate surface area is 419 Å². The summed E-state index contributed by atoms with van der Waals surface area (Å²) in [5.41, 5.74) is 7.52. The summed E-state index contributed by atoms with van der Waals surface area (Å²) in [6.07, 6.45) is 32.9. The smallest absolute Gasteiger partial charge is 0.550 e. The van der Waals surface area contributed by atoms with Gasteiger partial charge in [0.1, 0.15) is 0 Å². The zero-order valence-electron chi connectivity index (χ0n) is 43.7. The Balaban J connectivity index is 0.000000165. The minimum absolute atomic E-state index is 0. The molecule has 0 amide bonds. The summed E-state index contributed by atoms with van der Waals surface area (Å²) in [6, 6.07) is 0. The van der Waals surface area contributed by atoms with Crippen LogP contribution in [0.5, 0.6) is 0 Å². The Morgan fingerprint density at radius 2 is 0.687 bits per heavy atom. The number of rotatable bonds is 6. The van der Waals surface area contributed by atoms with Gasteiger partial charge in [-0.2, -0.15) is 0 Å². The summed E-state index contributed by atoms with van der Waals surface area (Å²) in [4.78, 5) is 35.5. The minimum atomic E-state index is -0.838. The van der Waals surface area contributed by atoms with Crippen molar-refractivity contribution in [3.8, 4) is 0 Å². The largest absolute Gasteiger partial charge is 3.00 e. The van der Waals surface area contributed by atoms with Crippen LogP contribution < -0.4 is 15.3 Å². The second kappa shape index (κ2) is 19.9. The van der Waals surface area contributed by atoms with Gasteiger partial charge >= 0.3 is 19.5 Å². The molecule has 9 aliphatic rings. The molecule has 0 aromatic rings. The molecule has 0 radical (unpaired) electrons. The van der Waals surface area contributed by atoms with E-state index in [0.717, 1.165) is 77.0 Å². The molecular formula is C60H87O6Rh. The molecule has 0 aromatic carbocycles. The fourth-order valence-corrected chi connectivity index (χ4v) is 16.8. The molecule has 9 aliphatic carbocycles. The molecule has 0 heterocycles. The van der Waals surface area contributed by atoms with Crippen molar-refractivity contribution in [1.82, 2.24) is 0 Å². The predicted molar refractivity (Wildman–Crippen MR) is 261 cm³/mol. The summed E-state index contributed by atoms with van der Waals surface area (Å²) in [6.45, 7) is 26.5. The quantitative estimate of drug-likeness (QED) is 0.244. The van der Waals surface area contributed by atoms with E-state index in [1.807, 2.05) is 20.8 Å². The van der Waals surface area contributed by atoms with E-state index in [2.05, 4.69) is 98.8 Å². The molecule has 372 valence electrons. The number of carboxylic acids is 3. The molecule has 0 saturated heterocycles. The molecule has 7 heteroatoms. The van der Waals surface area contributed by atoms with Crippen molar-refractivity contribution >= 4 is 17.9 Å². The summed E-state index contributed by atoms with van der Waals surface area (Å²) in [5.74, 6) is 1.61. The average Bonchev–Trinajstić information content (AvgIpc) is 3.26. The van der Waals surface area contributed by atoms with Gasteiger partial charge in [0.2, 0.25) is 0 Å². The third-order valence-electron chi connectivity index (χ3n) is 21.1. The molecule has 0 aromatic heterocycles. The van der Waals surface area contributed by atoms with E-state index in [0.29, 0.717) is 35.5 Å². The summed E-state index contributed by atoms with van der Waals surface area (Å²) >= 11 is 0. The first-order chi connectivity index (χ1) is 30.9. The minimum Gasteiger partial charge on any atom is -0.550 e. The molecule has 0 N–H and O–H groups in total. The van der Waals surface area contributed by atoms with Crippen LogP contribution in [0.15, 0.2) is 69.9 Å². The Morgan fingerprint density at radius 1 is 0.448 bits per heavy atom. The van der Waals surface area contributed by atoms with Crippen LogP contribution in [0.2, 0.25) is 0 Å². The number of hydrogen-bond donors (Lipinski definition) is 0. The van der Waals surface area contributed by atoms with Crippen molar-refractivity contribution in [2.45, 2.75) is 199 Å². The van der Waals surface area contributed by atoms with Crippen LogP contribution >= 0.6 is 0 Å². The van der Waals surface area contributed by atoms with Gasteiger partial charge in [-0.05, 0) is 183 Å². The van der Waals surface area contributed by atoms with Crippen LogP contribution in [0.3, 0.4) is 0 Å². The molecule has 6 nitrogen and oxygen atoms in total. The van der Waals surface area contributed by atoms with E-state index in [9.17, 15) is 29.7 Å². The molecule has 0 spiro atoms. The second-order valence-corrected chi connectivity index (χ2v) is 25.6. The van der Waals surface area contributed by atoms with Crippen LogP contribution in [0.4, 0.5) is 0 Å². The normalized spacial score (nSPS) is 40.7. The Morgan fingerprint density at radius 3 is 0.896 bits per heavy atom. The third-order valence-corrected chi connectivity index (χ3v) is 21.1. The van der Waals surface area contributed by atoms with E-state index in [-0.39, 0.29) is 53.5 Å². The first kappa shape index (κ1) is 53.8. The molecular weight excluding hydrogens is 920 g/mol. The Bertz CT molecular complexity index is 1870. The Kier molecular flexibility index (Phi) is 16.0. The van der Waals surface area contributed by atoms with Crippen molar-refractivity contribution in [3.63, 3.8) is 0 Å². The fraction of sp³-hybridized carbons (Fsp3) is 0.750. The molecule has 3 fully saturated rings. The zero-order chi connectivity index (χ0) is 48.4. The summed E-state index contributed by atoms with van der Waals surface area (Å²) < 4.78 is 0. The van der Waals surface area contributed by atoms with Crippen molar-refractivity contribution < 1.29 is 49.2 Å². The van der Waals surface area contributed by atoms with Gasteiger partial charge in [0.05, 0.1) is 0 Å². The van der Waals surface area contributed by atoms with E-state index >= 15 is 0 Å². The molecule has 9 rings (SSSR count). The SMILES string of the molecule is CC(C)C1=CC2=CC[C@@H]3[C@](C)(CCC[C@@]3(C)C(=O)[O-])[C@H]2CC1.CC(C)C1=CC2=CC[C@@H]3[C@](C)(CCC[C@@]3(C)C(=O)[O-])[C@H]2CC1.CC(C)C1=CC2=CC[C@@H]3[C@](C)(CCC[C@@]3(C)C(=O)[O-])[C@H]2CC1.[Rh+3]. The number of fused-ring (bicyclic) bond motifs is 9. The molecule has 0 unspecified atom stereocenters. The first-order valence-corrected chi connectivity index (χ1v) is 26.7. The van der Waals surface area contributed by atoms with Gasteiger partial charge in [-0.25, -0.2) is 0 Å². The van der Waals surface area contributed by atoms with Crippen LogP contribution in [0.1, 0.15) is 199 Å². The predicted octanol–water partition coefficient (Wildman–Crippen LogP) is 11.6.